The summed E-state index contributed by atoms with van der Waals surface area (Å²) in [7, 11) is 0. The third-order valence-electron chi connectivity index (χ3n) is 4.05. The van der Waals surface area contributed by atoms with Crippen molar-refractivity contribution in [1.29, 1.82) is 0 Å². The van der Waals surface area contributed by atoms with Crippen LogP contribution in [0.25, 0.3) is 0 Å². The number of rotatable bonds is 5. The van der Waals surface area contributed by atoms with Crippen LogP contribution in [0.2, 0.25) is 0 Å². The number of benzene rings is 1. The van der Waals surface area contributed by atoms with Crippen LogP contribution >= 0.6 is 0 Å². The van der Waals surface area contributed by atoms with Crippen LogP contribution in [0.5, 0.6) is 5.75 Å². The molecule has 0 amide bonds. The van der Waals surface area contributed by atoms with Crippen LogP contribution in [0.1, 0.15) is 49.4 Å². The number of hydrogen-bond donors (Lipinski definition) is 1. The van der Waals surface area contributed by atoms with E-state index in [0.717, 1.165) is 42.3 Å². The molecule has 1 aromatic carbocycles. The zero-order valence-corrected chi connectivity index (χ0v) is 12.5. The van der Waals surface area contributed by atoms with E-state index < -0.39 is 0 Å². The first kappa shape index (κ1) is 14.1. The van der Waals surface area contributed by atoms with Gasteiger partial charge in [0.2, 0.25) is 0 Å². The predicted molar refractivity (Wildman–Crippen MR) is 81.0 cm³/mol. The van der Waals surface area contributed by atoms with Crippen molar-refractivity contribution < 1.29 is 4.74 Å². The molecular formula is C16H22N4O. The number of nitrogens with two attached hydrogens (primary N) is 1. The van der Waals surface area contributed by atoms with Crippen molar-refractivity contribution >= 4 is 0 Å². The molecule has 1 aliphatic heterocycles. The monoisotopic (exact) mass is 286 g/mol. The minimum absolute atomic E-state index is 0.0996. The Bertz CT molecular complexity index is 591. The maximum absolute atomic E-state index is 6.01. The van der Waals surface area contributed by atoms with Gasteiger partial charge in [-0.25, -0.2) is 0 Å². The molecule has 1 unspecified atom stereocenters. The van der Waals surface area contributed by atoms with Gasteiger partial charge >= 0.3 is 0 Å². The minimum Gasteiger partial charge on any atom is -0.486 e. The second kappa shape index (κ2) is 6.26. The van der Waals surface area contributed by atoms with Crippen LogP contribution in [0.15, 0.2) is 24.3 Å². The van der Waals surface area contributed by atoms with Crippen molar-refractivity contribution in [2.24, 2.45) is 5.73 Å². The highest BCUT2D eigenvalue weighted by Crippen LogP contribution is 2.20. The highest BCUT2D eigenvalue weighted by Gasteiger charge is 2.15. The number of aromatic nitrogens is 3. The summed E-state index contributed by atoms with van der Waals surface area (Å²) in [4.78, 5) is 0. The quantitative estimate of drug-likeness (QED) is 0.917. The highest BCUT2D eigenvalue weighted by atomic mass is 16.5. The van der Waals surface area contributed by atoms with E-state index in [1.54, 1.807) is 0 Å². The zero-order chi connectivity index (χ0) is 14.7. The molecule has 0 radical (unpaired) electrons. The summed E-state index contributed by atoms with van der Waals surface area (Å²) in [6.07, 6.45) is 4.36. The second-order valence-corrected chi connectivity index (χ2v) is 5.51. The SMILES string of the molecule is CCC(N)c1ccc(OCc2nnc3n2CCCC3)cc1. The fourth-order valence-electron chi connectivity index (χ4n) is 2.67. The van der Waals surface area contributed by atoms with Gasteiger partial charge in [-0.15, -0.1) is 10.2 Å². The smallest absolute Gasteiger partial charge is 0.171 e. The van der Waals surface area contributed by atoms with Crippen molar-refractivity contribution in [3.05, 3.63) is 41.5 Å². The number of nitrogens with zero attached hydrogens (tertiary/aromatic N) is 3. The molecule has 1 aromatic heterocycles. The second-order valence-electron chi connectivity index (χ2n) is 5.51. The third kappa shape index (κ3) is 3.08. The van der Waals surface area contributed by atoms with Crippen LogP contribution in [0.4, 0.5) is 0 Å². The van der Waals surface area contributed by atoms with Gasteiger partial charge in [-0.1, -0.05) is 19.1 Å². The molecule has 2 heterocycles. The molecule has 5 nitrogen and oxygen atoms in total. The summed E-state index contributed by atoms with van der Waals surface area (Å²) in [6.45, 7) is 3.56. The van der Waals surface area contributed by atoms with Crippen molar-refractivity contribution in [1.82, 2.24) is 14.8 Å². The summed E-state index contributed by atoms with van der Waals surface area (Å²) in [5.74, 6) is 2.85. The largest absolute Gasteiger partial charge is 0.486 e. The minimum atomic E-state index is 0.0996. The Balaban J connectivity index is 1.64. The van der Waals surface area contributed by atoms with Crippen LogP contribution in [0.3, 0.4) is 0 Å². The van der Waals surface area contributed by atoms with E-state index in [0.29, 0.717) is 6.61 Å². The fraction of sp³-hybridized carbons (Fsp3) is 0.500. The van der Waals surface area contributed by atoms with Gasteiger partial charge in [0, 0.05) is 19.0 Å². The Morgan fingerprint density at radius 3 is 2.81 bits per heavy atom. The maximum Gasteiger partial charge on any atom is 0.171 e. The summed E-state index contributed by atoms with van der Waals surface area (Å²) < 4.78 is 8.01. The number of fused-ring (bicyclic) bond motifs is 1. The van der Waals surface area contributed by atoms with Gasteiger partial charge in [-0.2, -0.15) is 0 Å². The molecule has 1 aliphatic rings. The molecule has 112 valence electrons. The predicted octanol–water partition coefficient (Wildman–Crippen LogP) is 2.60. The first-order chi connectivity index (χ1) is 10.3. The number of hydrogen-bond acceptors (Lipinski definition) is 4. The molecule has 0 saturated heterocycles. The van der Waals surface area contributed by atoms with Crippen LogP contribution < -0.4 is 10.5 Å². The summed E-state index contributed by atoms with van der Waals surface area (Å²) in [5.41, 5.74) is 7.15. The van der Waals surface area contributed by atoms with E-state index >= 15 is 0 Å². The normalized spacial score (nSPS) is 15.5. The van der Waals surface area contributed by atoms with E-state index in [1.165, 1.54) is 12.8 Å². The highest BCUT2D eigenvalue weighted by molar-refractivity contribution is 5.29. The maximum atomic E-state index is 6.01. The van der Waals surface area contributed by atoms with Gasteiger partial charge < -0.3 is 15.0 Å². The Hall–Kier alpha value is -1.88. The van der Waals surface area contributed by atoms with Crippen molar-refractivity contribution in [3.63, 3.8) is 0 Å². The standard InChI is InChI=1S/C16H22N4O/c1-2-14(17)12-6-8-13(9-7-12)21-11-16-19-18-15-5-3-4-10-20(15)16/h6-9,14H,2-5,10-11,17H2,1H3. The van der Waals surface area contributed by atoms with E-state index in [2.05, 4.69) is 21.7 Å². The van der Waals surface area contributed by atoms with Crippen molar-refractivity contribution in [2.75, 3.05) is 0 Å². The molecule has 3 rings (SSSR count). The van der Waals surface area contributed by atoms with Gasteiger partial charge in [0.05, 0.1) is 0 Å². The summed E-state index contributed by atoms with van der Waals surface area (Å²) >= 11 is 0. The van der Waals surface area contributed by atoms with Gasteiger partial charge in [0.25, 0.3) is 0 Å². The lowest BCUT2D eigenvalue weighted by atomic mass is 10.1. The molecule has 2 aromatic rings. The molecule has 2 N–H and O–H groups in total. The van der Waals surface area contributed by atoms with E-state index in [9.17, 15) is 0 Å². The molecule has 0 saturated carbocycles. The van der Waals surface area contributed by atoms with E-state index in [1.807, 2.05) is 24.3 Å². The van der Waals surface area contributed by atoms with Crippen LogP contribution in [0, 0.1) is 0 Å². The van der Waals surface area contributed by atoms with Crippen molar-refractivity contribution in [3.8, 4) is 5.75 Å². The Morgan fingerprint density at radius 1 is 1.24 bits per heavy atom. The molecule has 21 heavy (non-hydrogen) atoms. The molecule has 1 atom stereocenters. The average Bonchev–Trinajstić information content (AvgIpc) is 2.96. The lowest BCUT2D eigenvalue weighted by Crippen LogP contribution is -2.14. The first-order valence-corrected chi connectivity index (χ1v) is 7.67. The molecule has 5 heteroatoms. The summed E-state index contributed by atoms with van der Waals surface area (Å²) in [6, 6.07) is 8.10. The molecular weight excluding hydrogens is 264 g/mol. The molecule has 0 aliphatic carbocycles. The lowest BCUT2D eigenvalue weighted by Gasteiger charge is -2.15. The number of ether oxygens (including phenoxy) is 1. The number of aryl methyl sites for hydroxylation is 1. The molecule has 0 bridgehead atoms. The van der Waals surface area contributed by atoms with Gasteiger partial charge in [-0.05, 0) is 37.0 Å². The van der Waals surface area contributed by atoms with Crippen LogP contribution in [-0.2, 0) is 19.6 Å². The van der Waals surface area contributed by atoms with Gasteiger partial charge in [-0.3, -0.25) is 0 Å². The summed E-state index contributed by atoms with van der Waals surface area (Å²) in [5, 5.41) is 8.47. The molecule has 0 spiro atoms. The van der Waals surface area contributed by atoms with E-state index in [-0.39, 0.29) is 6.04 Å². The van der Waals surface area contributed by atoms with E-state index in [4.69, 9.17) is 10.5 Å². The average molecular weight is 286 g/mol. The van der Waals surface area contributed by atoms with Crippen molar-refractivity contribution in [2.45, 2.75) is 51.8 Å². The lowest BCUT2D eigenvalue weighted by molar-refractivity contribution is 0.286. The third-order valence-corrected chi connectivity index (χ3v) is 4.05. The first-order valence-electron chi connectivity index (χ1n) is 7.67. The Labute approximate surface area is 125 Å². The Kier molecular flexibility index (Phi) is 4.20. The van der Waals surface area contributed by atoms with Gasteiger partial charge in [0.15, 0.2) is 5.82 Å². The topological polar surface area (TPSA) is 66.0 Å². The van der Waals surface area contributed by atoms with Gasteiger partial charge in [0.1, 0.15) is 18.2 Å². The van der Waals surface area contributed by atoms with Crippen LogP contribution in [-0.4, -0.2) is 14.8 Å². The Morgan fingerprint density at radius 2 is 2.05 bits per heavy atom. The molecule has 0 fully saturated rings. The zero-order valence-electron chi connectivity index (χ0n) is 12.5. The fourth-order valence-corrected chi connectivity index (χ4v) is 2.67.